The van der Waals surface area contributed by atoms with Gasteiger partial charge in [0.1, 0.15) is 0 Å². The summed E-state index contributed by atoms with van der Waals surface area (Å²) < 4.78 is 27.5. The van der Waals surface area contributed by atoms with Gasteiger partial charge in [-0.05, 0) is 43.7 Å². The number of aromatic nitrogens is 2. The van der Waals surface area contributed by atoms with E-state index in [1.54, 1.807) is 31.2 Å². The summed E-state index contributed by atoms with van der Waals surface area (Å²) in [7, 11) is -3.88. The van der Waals surface area contributed by atoms with E-state index in [0.717, 1.165) is 22.5 Å². The third kappa shape index (κ3) is 4.93. The van der Waals surface area contributed by atoms with E-state index in [0.29, 0.717) is 10.6 Å². The molecule has 0 aliphatic heterocycles. The van der Waals surface area contributed by atoms with Crippen molar-refractivity contribution in [1.29, 1.82) is 0 Å². The molecular weight excluding hydrogens is 420 g/mol. The van der Waals surface area contributed by atoms with E-state index in [1.807, 2.05) is 31.2 Å². The number of halogens is 1. The molecule has 28 heavy (non-hydrogen) atoms. The highest BCUT2D eigenvalue weighted by Gasteiger charge is 2.23. The van der Waals surface area contributed by atoms with Gasteiger partial charge in [-0.2, -0.15) is 0 Å². The van der Waals surface area contributed by atoms with E-state index in [-0.39, 0.29) is 9.47 Å². The van der Waals surface area contributed by atoms with E-state index in [4.69, 9.17) is 11.6 Å². The average Bonchev–Trinajstić information content (AvgIpc) is 3.12. The fourth-order valence-corrected chi connectivity index (χ4v) is 4.61. The molecule has 0 fully saturated rings. The molecule has 10 heteroatoms. The normalized spacial score (nSPS) is 12.5. The van der Waals surface area contributed by atoms with Crippen LogP contribution < -0.4 is 10.0 Å². The second kappa shape index (κ2) is 8.36. The molecule has 0 saturated carbocycles. The van der Waals surface area contributed by atoms with Crippen molar-refractivity contribution in [1.82, 2.24) is 14.9 Å². The van der Waals surface area contributed by atoms with Crippen molar-refractivity contribution in [2.24, 2.45) is 0 Å². The molecule has 0 aliphatic carbocycles. The van der Waals surface area contributed by atoms with Gasteiger partial charge in [0.2, 0.25) is 9.47 Å². The summed E-state index contributed by atoms with van der Waals surface area (Å²) in [6, 6.07) is 13.4. The molecule has 1 atom stereocenters. The van der Waals surface area contributed by atoms with Gasteiger partial charge in [-0.15, -0.1) is 10.2 Å². The van der Waals surface area contributed by atoms with Gasteiger partial charge >= 0.3 is 0 Å². The zero-order valence-corrected chi connectivity index (χ0v) is 17.4. The zero-order valence-electron chi connectivity index (χ0n) is 15.0. The van der Waals surface area contributed by atoms with Gasteiger partial charge in [0.15, 0.2) is 0 Å². The van der Waals surface area contributed by atoms with Gasteiger partial charge in [-0.3, -0.25) is 10.1 Å². The Balaban J connectivity index is 1.70. The van der Waals surface area contributed by atoms with E-state index in [2.05, 4.69) is 20.2 Å². The lowest BCUT2D eigenvalue weighted by Gasteiger charge is -2.13. The Kier molecular flexibility index (Phi) is 6.09. The summed E-state index contributed by atoms with van der Waals surface area (Å²) in [5, 5.41) is 10.6. The van der Waals surface area contributed by atoms with Gasteiger partial charge in [-0.25, -0.2) is 13.1 Å². The average molecular weight is 437 g/mol. The number of amides is 1. The van der Waals surface area contributed by atoms with Crippen molar-refractivity contribution < 1.29 is 13.2 Å². The number of nitrogens with one attached hydrogen (secondary N) is 2. The Morgan fingerprint density at radius 1 is 1.07 bits per heavy atom. The number of hydrogen-bond donors (Lipinski definition) is 2. The number of carbonyl (C=O) groups excluding carboxylic acids is 1. The standard InChI is InChI=1S/C18H17ClN4O3S2/c1-11-3-5-13(6-4-11)12(2)23-28(25,26)18-22-21-17(27-18)20-16(24)14-7-9-15(19)10-8-14/h3-10,12,23H,1-2H3,(H,20,21,24)/t12-/m0/s1. The lowest BCUT2D eigenvalue weighted by atomic mass is 10.1. The Hall–Kier alpha value is -2.33. The van der Waals surface area contributed by atoms with Crippen molar-refractivity contribution in [2.75, 3.05) is 5.32 Å². The van der Waals surface area contributed by atoms with Crippen molar-refractivity contribution in [2.45, 2.75) is 24.2 Å². The van der Waals surface area contributed by atoms with Gasteiger partial charge in [0.05, 0.1) is 0 Å². The molecule has 0 unspecified atom stereocenters. The third-order valence-electron chi connectivity index (χ3n) is 3.87. The second-order valence-corrected chi connectivity index (χ2v) is 9.39. The van der Waals surface area contributed by atoms with Crippen molar-refractivity contribution >= 4 is 44.0 Å². The van der Waals surface area contributed by atoms with Gasteiger partial charge in [0.25, 0.3) is 15.9 Å². The number of nitrogens with zero attached hydrogens (tertiary/aromatic N) is 2. The molecule has 0 saturated heterocycles. The number of benzene rings is 2. The summed E-state index contributed by atoms with van der Waals surface area (Å²) in [6.45, 7) is 3.70. The highest BCUT2D eigenvalue weighted by molar-refractivity contribution is 7.91. The Morgan fingerprint density at radius 2 is 1.71 bits per heavy atom. The molecule has 3 rings (SSSR count). The van der Waals surface area contributed by atoms with E-state index in [9.17, 15) is 13.2 Å². The van der Waals surface area contributed by atoms with Crippen LogP contribution in [0.3, 0.4) is 0 Å². The minimum absolute atomic E-state index is 0.0864. The molecule has 0 radical (unpaired) electrons. The highest BCUT2D eigenvalue weighted by Crippen LogP contribution is 2.23. The van der Waals surface area contributed by atoms with Crippen LogP contribution in [0.25, 0.3) is 0 Å². The maximum Gasteiger partial charge on any atom is 0.270 e. The van der Waals surface area contributed by atoms with Crippen LogP contribution in [0.4, 0.5) is 5.13 Å². The molecule has 1 amide bonds. The molecule has 2 aromatic carbocycles. The monoisotopic (exact) mass is 436 g/mol. The van der Waals surface area contributed by atoms with Crippen LogP contribution in [0.15, 0.2) is 52.9 Å². The fourth-order valence-electron chi connectivity index (χ4n) is 2.35. The van der Waals surface area contributed by atoms with Crippen LogP contribution in [0.2, 0.25) is 5.02 Å². The van der Waals surface area contributed by atoms with Crippen LogP contribution in [-0.4, -0.2) is 24.5 Å². The van der Waals surface area contributed by atoms with Gasteiger partial charge in [0, 0.05) is 16.6 Å². The zero-order chi connectivity index (χ0) is 20.3. The molecule has 2 N–H and O–H groups in total. The molecule has 0 spiro atoms. The predicted octanol–water partition coefficient (Wildman–Crippen LogP) is 3.79. The fraction of sp³-hybridized carbons (Fsp3) is 0.167. The van der Waals surface area contributed by atoms with E-state index < -0.39 is 22.0 Å². The van der Waals surface area contributed by atoms with Gasteiger partial charge < -0.3 is 0 Å². The van der Waals surface area contributed by atoms with E-state index in [1.165, 1.54) is 0 Å². The summed E-state index contributed by atoms with van der Waals surface area (Å²) in [5.41, 5.74) is 2.29. The number of carbonyl (C=O) groups is 1. The minimum Gasteiger partial charge on any atom is -0.296 e. The van der Waals surface area contributed by atoms with Crippen LogP contribution >= 0.6 is 22.9 Å². The predicted molar refractivity (Wildman–Crippen MR) is 109 cm³/mol. The minimum atomic E-state index is -3.88. The maximum absolute atomic E-state index is 12.6. The first-order valence-corrected chi connectivity index (χ1v) is 10.9. The number of rotatable bonds is 6. The molecule has 0 aliphatic rings. The lowest BCUT2D eigenvalue weighted by Crippen LogP contribution is -2.26. The Labute approximate surface area is 171 Å². The van der Waals surface area contributed by atoms with Crippen LogP contribution in [0, 0.1) is 6.92 Å². The first-order valence-electron chi connectivity index (χ1n) is 8.24. The molecule has 146 valence electrons. The number of sulfonamides is 1. The molecule has 7 nitrogen and oxygen atoms in total. The Bertz CT molecular complexity index is 1080. The molecule has 0 bridgehead atoms. The molecule has 1 aromatic heterocycles. The first-order chi connectivity index (χ1) is 13.2. The van der Waals surface area contributed by atoms with Crippen molar-refractivity contribution in [3.63, 3.8) is 0 Å². The number of hydrogen-bond acceptors (Lipinski definition) is 6. The number of anilines is 1. The quantitative estimate of drug-likeness (QED) is 0.572. The van der Waals surface area contributed by atoms with Crippen molar-refractivity contribution in [3.8, 4) is 0 Å². The third-order valence-corrected chi connectivity index (χ3v) is 6.87. The lowest BCUT2D eigenvalue weighted by molar-refractivity contribution is 0.102. The Morgan fingerprint density at radius 3 is 2.36 bits per heavy atom. The maximum atomic E-state index is 12.6. The highest BCUT2D eigenvalue weighted by atomic mass is 35.5. The first kappa shape index (κ1) is 20.4. The van der Waals surface area contributed by atoms with Gasteiger partial charge in [-0.1, -0.05) is 52.8 Å². The van der Waals surface area contributed by atoms with E-state index >= 15 is 0 Å². The summed E-state index contributed by atoms with van der Waals surface area (Å²) in [5.74, 6) is -0.433. The SMILES string of the molecule is Cc1ccc([C@H](C)NS(=O)(=O)c2nnc(NC(=O)c3ccc(Cl)cc3)s2)cc1. The summed E-state index contributed by atoms with van der Waals surface area (Å²) >= 11 is 6.57. The molecular formula is C18H17ClN4O3S2. The largest absolute Gasteiger partial charge is 0.296 e. The van der Waals surface area contributed by atoms with Crippen LogP contribution in [0.1, 0.15) is 34.5 Å². The van der Waals surface area contributed by atoms with Crippen LogP contribution in [-0.2, 0) is 10.0 Å². The summed E-state index contributed by atoms with van der Waals surface area (Å²) in [6.07, 6.45) is 0. The summed E-state index contributed by atoms with van der Waals surface area (Å²) in [4.78, 5) is 12.2. The topological polar surface area (TPSA) is 101 Å². The smallest absolute Gasteiger partial charge is 0.270 e. The van der Waals surface area contributed by atoms with Crippen molar-refractivity contribution in [3.05, 3.63) is 70.2 Å². The van der Waals surface area contributed by atoms with Crippen LogP contribution in [0.5, 0.6) is 0 Å². The number of aryl methyl sites for hydroxylation is 1. The molecule has 3 aromatic rings. The molecule has 1 heterocycles. The second-order valence-electron chi connectivity index (χ2n) is 6.09.